The summed E-state index contributed by atoms with van der Waals surface area (Å²) in [7, 11) is 0. The zero-order valence-electron chi connectivity index (χ0n) is 10.9. The SMILES string of the molecule is CCOc1n[nH]c(C)c1N(C(=O)O)c1cncc(F)c1. The molecule has 2 rings (SSSR count). The van der Waals surface area contributed by atoms with E-state index in [4.69, 9.17) is 4.74 Å². The summed E-state index contributed by atoms with van der Waals surface area (Å²) in [5.74, 6) is -0.496. The van der Waals surface area contributed by atoms with E-state index in [2.05, 4.69) is 15.2 Å². The second kappa shape index (κ2) is 5.55. The van der Waals surface area contributed by atoms with Crippen molar-refractivity contribution in [3.05, 3.63) is 30.0 Å². The number of anilines is 2. The molecule has 2 aromatic rings. The first-order chi connectivity index (χ1) is 9.54. The minimum absolute atomic E-state index is 0.0722. The van der Waals surface area contributed by atoms with Gasteiger partial charge < -0.3 is 9.84 Å². The van der Waals surface area contributed by atoms with Crippen molar-refractivity contribution in [2.24, 2.45) is 0 Å². The molecule has 0 aliphatic carbocycles. The molecule has 1 amide bonds. The number of carbonyl (C=O) groups is 1. The lowest BCUT2D eigenvalue weighted by atomic mass is 10.3. The van der Waals surface area contributed by atoms with Gasteiger partial charge in [-0.05, 0) is 13.8 Å². The first-order valence-electron chi connectivity index (χ1n) is 5.86. The lowest BCUT2D eigenvalue weighted by Gasteiger charge is -2.19. The van der Waals surface area contributed by atoms with Gasteiger partial charge in [-0.25, -0.2) is 14.1 Å². The fourth-order valence-electron chi connectivity index (χ4n) is 1.76. The number of H-pyrrole nitrogens is 1. The Morgan fingerprint density at radius 2 is 2.30 bits per heavy atom. The summed E-state index contributed by atoms with van der Waals surface area (Å²) in [6, 6.07) is 1.07. The molecule has 0 bridgehead atoms. The number of aromatic amines is 1. The molecule has 0 radical (unpaired) electrons. The third kappa shape index (κ3) is 2.53. The zero-order valence-corrected chi connectivity index (χ0v) is 10.9. The standard InChI is InChI=1S/C12H13FN4O3/c1-3-20-11-10(7(2)15-16-11)17(12(18)19)9-4-8(13)5-14-6-9/h4-6H,3H2,1-2H3,(H,15,16)(H,18,19). The van der Waals surface area contributed by atoms with Crippen molar-refractivity contribution in [2.45, 2.75) is 13.8 Å². The van der Waals surface area contributed by atoms with Crippen LogP contribution in [0, 0.1) is 12.7 Å². The molecule has 0 fully saturated rings. The largest absolute Gasteiger partial charge is 0.475 e. The average Bonchev–Trinajstić information content (AvgIpc) is 2.72. The third-order valence-corrected chi connectivity index (χ3v) is 2.53. The molecule has 0 aromatic carbocycles. The fourth-order valence-corrected chi connectivity index (χ4v) is 1.76. The Morgan fingerprint density at radius 3 is 2.90 bits per heavy atom. The van der Waals surface area contributed by atoms with E-state index in [9.17, 15) is 14.3 Å². The Kier molecular flexibility index (Phi) is 3.83. The van der Waals surface area contributed by atoms with Crippen molar-refractivity contribution in [1.82, 2.24) is 15.2 Å². The normalized spacial score (nSPS) is 10.3. The van der Waals surface area contributed by atoms with E-state index >= 15 is 0 Å². The van der Waals surface area contributed by atoms with Gasteiger partial charge in [0.25, 0.3) is 5.88 Å². The Morgan fingerprint density at radius 1 is 1.55 bits per heavy atom. The maximum absolute atomic E-state index is 13.2. The van der Waals surface area contributed by atoms with Crippen LogP contribution in [0.1, 0.15) is 12.6 Å². The Labute approximate surface area is 114 Å². The van der Waals surface area contributed by atoms with Gasteiger partial charge in [0.1, 0.15) is 11.5 Å². The van der Waals surface area contributed by atoms with Gasteiger partial charge in [-0.3, -0.25) is 10.1 Å². The molecule has 0 aliphatic rings. The number of aromatic nitrogens is 3. The number of halogens is 1. The molecule has 0 unspecified atom stereocenters. The molecule has 0 saturated carbocycles. The van der Waals surface area contributed by atoms with Gasteiger partial charge in [0.05, 0.1) is 30.4 Å². The number of amides is 1. The molecule has 2 heterocycles. The highest BCUT2D eigenvalue weighted by Crippen LogP contribution is 2.35. The number of pyridine rings is 1. The maximum atomic E-state index is 13.2. The number of nitrogens with one attached hydrogen (secondary N) is 1. The first kappa shape index (κ1) is 13.8. The minimum Gasteiger partial charge on any atom is -0.475 e. The van der Waals surface area contributed by atoms with Gasteiger partial charge in [0, 0.05) is 6.07 Å². The molecule has 8 heteroatoms. The lowest BCUT2D eigenvalue weighted by Crippen LogP contribution is -2.25. The van der Waals surface area contributed by atoms with E-state index in [0.717, 1.165) is 17.2 Å². The second-order valence-electron chi connectivity index (χ2n) is 3.91. The van der Waals surface area contributed by atoms with Crippen LogP contribution in [-0.4, -0.2) is 33.0 Å². The van der Waals surface area contributed by atoms with Crippen molar-refractivity contribution < 1.29 is 19.0 Å². The topological polar surface area (TPSA) is 91.3 Å². The molecule has 0 atom stereocenters. The molecule has 0 saturated heterocycles. The smallest absolute Gasteiger partial charge is 0.416 e. The molecule has 0 aliphatic heterocycles. The van der Waals surface area contributed by atoms with Gasteiger partial charge in [0.2, 0.25) is 0 Å². The van der Waals surface area contributed by atoms with Crippen molar-refractivity contribution in [2.75, 3.05) is 11.5 Å². The van der Waals surface area contributed by atoms with E-state index in [1.54, 1.807) is 13.8 Å². The summed E-state index contributed by atoms with van der Waals surface area (Å²) in [6.07, 6.45) is 0.956. The monoisotopic (exact) mass is 280 g/mol. The van der Waals surface area contributed by atoms with Crippen LogP contribution < -0.4 is 9.64 Å². The number of rotatable bonds is 4. The van der Waals surface area contributed by atoms with Crippen LogP contribution in [0.15, 0.2) is 18.5 Å². The molecule has 106 valence electrons. The summed E-state index contributed by atoms with van der Waals surface area (Å²) in [6.45, 7) is 3.72. The van der Waals surface area contributed by atoms with Crippen molar-refractivity contribution in [1.29, 1.82) is 0 Å². The number of ether oxygens (including phenoxy) is 1. The summed E-state index contributed by atoms with van der Waals surface area (Å²) >= 11 is 0. The molecular weight excluding hydrogens is 267 g/mol. The Balaban J connectivity index is 2.54. The van der Waals surface area contributed by atoms with Crippen LogP contribution >= 0.6 is 0 Å². The quantitative estimate of drug-likeness (QED) is 0.897. The van der Waals surface area contributed by atoms with E-state index in [0.29, 0.717) is 12.3 Å². The van der Waals surface area contributed by atoms with Crippen molar-refractivity contribution >= 4 is 17.5 Å². The summed E-state index contributed by atoms with van der Waals surface area (Å²) in [5, 5.41) is 15.9. The fraction of sp³-hybridized carbons (Fsp3) is 0.250. The van der Waals surface area contributed by atoms with Crippen LogP contribution in [0.4, 0.5) is 20.6 Å². The molecule has 20 heavy (non-hydrogen) atoms. The molecule has 0 spiro atoms. The van der Waals surface area contributed by atoms with E-state index in [1.807, 2.05) is 0 Å². The van der Waals surface area contributed by atoms with Crippen LogP contribution in [-0.2, 0) is 0 Å². The Bertz CT molecular complexity index is 629. The third-order valence-electron chi connectivity index (χ3n) is 2.53. The lowest BCUT2D eigenvalue weighted by molar-refractivity contribution is 0.204. The maximum Gasteiger partial charge on any atom is 0.416 e. The van der Waals surface area contributed by atoms with E-state index < -0.39 is 11.9 Å². The average molecular weight is 280 g/mol. The van der Waals surface area contributed by atoms with E-state index in [-0.39, 0.29) is 17.3 Å². The Hall–Kier alpha value is -2.64. The summed E-state index contributed by atoms with van der Waals surface area (Å²) in [4.78, 5) is 16.0. The number of carboxylic acid groups (broad SMARTS) is 1. The number of hydrogen-bond donors (Lipinski definition) is 2. The summed E-state index contributed by atoms with van der Waals surface area (Å²) < 4.78 is 18.5. The van der Waals surface area contributed by atoms with Gasteiger partial charge in [-0.15, -0.1) is 5.10 Å². The van der Waals surface area contributed by atoms with Gasteiger partial charge in [-0.1, -0.05) is 0 Å². The van der Waals surface area contributed by atoms with Crippen LogP contribution in [0.5, 0.6) is 5.88 Å². The van der Waals surface area contributed by atoms with Crippen molar-refractivity contribution in [3.8, 4) is 5.88 Å². The second-order valence-corrected chi connectivity index (χ2v) is 3.91. The highest BCUT2D eigenvalue weighted by atomic mass is 19.1. The number of nitrogens with zero attached hydrogens (tertiary/aromatic N) is 3. The predicted molar refractivity (Wildman–Crippen MR) is 68.9 cm³/mol. The zero-order chi connectivity index (χ0) is 14.7. The van der Waals surface area contributed by atoms with E-state index in [1.165, 1.54) is 6.20 Å². The van der Waals surface area contributed by atoms with Gasteiger partial charge in [-0.2, -0.15) is 0 Å². The van der Waals surface area contributed by atoms with Crippen LogP contribution in [0.3, 0.4) is 0 Å². The van der Waals surface area contributed by atoms with Crippen molar-refractivity contribution in [3.63, 3.8) is 0 Å². The summed E-state index contributed by atoms with van der Waals surface area (Å²) in [5.41, 5.74) is 0.773. The highest BCUT2D eigenvalue weighted by Gasteiger charge is 2.26. The van der Waals surface area contributed by atoms with Gasteiger partial charge in [0.15, 0.2) is 0 Å². The first-order valence-corrected chi connectivity index (χ1v) is 5.86. The predicted octanol–water partition coefficient (Wildman–Crippen LogP) is 2.47. The number of aryl methyl sites for hydroxylation is 1. The van der Waals surface area contributed by atoms with Gasteiger partial charge >= 0.3 is 6.09 Å². The van der Waals surface area contributed by atoms with Crippen LogP contribution in [0.2, 0.25) is 0 Å². The number of hydrogen-bond acceptors (Lipinski definition) is 4. The van der Waals surface area contributed by atoms with Crippen LogP contribution in [0.25, 0.3) is 0 Å². The molecule has 2 aromatic heterocycles. The minimum atomic E-state index is -1.29. The molecule has 7 nitrogen and oxygen atoms in total. The molecule has 2 N–H and O–H groups in total. The highest BCUT2D eigenvalue weighted by molar-refractivity contribution is 5.96. The molecular formula is C12H13FN4O3.